The van der Waals surface area contributed by atoms with Gasteiger partial charge in [0.15, 0.2) is 0 Å². The highest BCUT2D eigenvalue weighted by molar-refractivity contribution is 5.34. The summed E-state index contributed by atoms with van der Waals surface area (Å²) >= 11 is 0. The van der Waals surface area contributed by atoms with Crippen LogP contribution < -0.4 is 10.1 Å². The van der Waals surface area contributed by atoms with Gasteiger partial charge in [-0.15, -0.1) is 0 Å². The lowest BCUT2D eigenvalue weighted by molar-refractivity contribution is 0.0000137. The Bertz CT molecular complexity index is 565. The van der Waals surface area contributed by atoms with E-state index in [1.54, 1.807) is 0 Å². The number of hydrogen-bond donors (Lipinski definition) is 1. The van der Waals surface area contributed by atoms with Crippen LogP contribution in [0, 0.1) is 0 Å². The molecule has 0 spiro atoms. The Balaban J connectivity index is 1.57. The molecule has 3 rings (SSSR count). The van der Waals surface area contributed by atoms with Crippen LogP contribution in [0.15, 0.2) is 54.6 Å². The van der Waals surface area contributed by atoms with Gasteiger partial charge < -0.3 is 14.8 Å². The lowest BCUT2D eigenvalue weighted by Crippen LogP contribution is -2.41. The third-order valence-corrected chi connectivity index (χ3v) is 3.93. The first-order chi connectivity index (χ1) is 10.9. The smallest absolute Gasteiger partial charge is 0.122 e. The molecule has 1 heterocycles. The Morgan fingerprint density at radius 1 is 1.00 bits per heavy atom. The molecule has 1 N–H and O–H groups in total. The summed E-state index contributed by atoms with van der Waals surface area (Å²) in [6.45, 7) is 3.18. The number of hydrogen-bond acceptors (Lipinski definition) is 3. The summed E-state index contributed by atoms with van der Waals surface area (Å²) in [5.41, 5.74) is 2.62. The van der Waals surface area contributed by atoms with Gasteiger partial charge in [-0.05, 0) is 30.0 Å². The quantitative estimate of drug-likeness (QED) is 0.889. The van der Waals surface area contributed by atoms with Crippen molar-refractivity contribution in [1.29, 1.82) is 0 Å². The van der Waals surface area contributed by atoms with Crippen LogP contribution in [0.2, 0.25) is 0 Å². The Kier molecular flexibility index (Phi) is 5.46. The predicted octanol–water partition coefficient (Wildman–Crippen LogP) is 2.84. The second-order valence-electron chi connectivity index (χ2n) is 5.60. The first kappa shape index (κ1) is 15.1. The first-order valence-electron chi connectivity index (χ1n) is 7.99. The van der Waals surface area contributed by atoms with Crippen molar-refractivity contribution in [3.63, 3.8) is 0 Å². The lowest BCUT2D eigenvalue weighted by atomic mass is 10.0. The molecule has 3 nitrogen and oxygen atoms in total. The van der Waals surface area contributed by atoms with Gasteiger partial charge in [0.1, 0.15) is 18.5 Å². The summed E-state index contributed by atoms with van der Waals surface area (Å²) in [5.74, 6) is 0.979. The summed E-state index contributed by atoms with van der Waals surface area (Å²) in [6, 6.07) is 18.9. The van der Waals surface area contributed by atoms with Gasteiger partial charge in [-0.1, -0.05) is 48.5 Å². The van der Waals surface area contributed by atoms with Gasteiger partial charge >= 0.3 is 0 Å². The molecule has 1 unspecified atom stereocenters. The average Bonchev–Trinajstić information content (AvgIpc) is 2.61. The maximum absolute atomic E-state index is 6.00. The fourth-order valence-corrected chi connectivity index (χ4v) is 2.68. The van der Waals surface area contributed by atoms with Crippen molar-refractivity contribution in [2.45, 2.75) is 18.9 Å². The first-order valence-corrected chi connectivity index (χ1v) is 7.99. The minimum absolute atomic E-state index is 0.149. The fraction of sp³-hybridized carbons (Fsp3) is 0.368. The van der Waals surface area contributed by atoms with Gasteiger partial charge in [0.05, 0.1) is 6.61 Å². The van der Waals surface area contributed by atoms with Gasteiger partial charge in [0.25, 0.3) is 0 Å². The number of morpholine rings is 1. The van der Waals surface area contributed by atoms with E-state index < -0.39 is 0 Å². The standard InChI is InChI=1S/C19H23NO2/c1-2-6-16(7-3-1)10-11-17-8-4-5-9-19(17)22-15-18-14-20-12-13-21-18/h1-9,18,20H,10-15H2. The van der Waals surface area contributed by atoms with Crippen LogP contribution in [0.5, 0.6) is 5.75 Å². The van der Waals surface area contributed by atoms with E-state index in [9.17, 15) is 0 Å². The Labute approximate surface area is 132 Å². The molecule has 2 aromatic carbocycles. The summed E-state index contributed by atoms with van der Waals surface area (Å²) in [4.78, 5) is 0. The predicted molar refractivity (Wildman–Crippen MR) is 88.4 cm³/mol. The molecule has 1 aliphatic heterocycles. The van der Waals surface area contributed by atoms with Crippen molar-refractivity contribution in [3.05, 3.63) is 65.7 Å². The van der Waals surface area contributed by atoms with Crippen molar-refractivity contribution in [3.8, 4) is 5.75 Å². The van der Waals surface area contributed by atoms with Crippen LogP contribution in [-0.4, -0.2) is 32.4 Å². The molecule has 1 atom stereocenters. The largest absolute Gasteiger partial charge is 0.491 e. The van der Waals surface area contributed by atoms with Gasteiger partial charge in [-0.3, -0.25) is 0 Å². The molecule has 0 bridgehead atoms. The summed E-state index contributed by atoms with van der Waals surface area (Å²) in [5, 5.41) is 3.33. The molecular weight excluding hydrogens is 274 g/mol. The Morgan fingerprint density at radius 2 is 1.82 bits per heavy atom. The zero-order valence-corrected chi connectivity index (χ0v) is 12.8. The highest BCUT2D eigenvalue weighted by Gasteiger charge is 2.14. The number of benzene rings is 2. The molecular formula is C19H23NO2. The highest BCUT2D eigenvalue weighted by atomic mass is 16.5. The number of nitrogens with one attached hydrogen (secondary N) is 1. The molecule has 22 heavy (non-hydrogen) atoms. The van der Waals surface area contributed by atoms with E-state index >= 15 is 0 Å². The molecule has 3 heteroatoms. The SMILES string of the molecule is c1ccc(CCc2ccccc2OCC2CNCCO2)cc1. The minimum Gasteiger partial charge on any atom is -0.491 e. The lowest BCUT2D eigenvalue weighted by Gasteiger charge is -2.24. The monoisotopic (exact) mass is 297 g/mol. The maximum Gasteiger partial charge on any atom is 0.122 e. The van der Waals surface area contributed by atoms with Crippen molar-refractivity contribution >= 4 is 0 Å². The molecule has 0 saturated carbocycles. The van der Waals surface area contributed by atoms with Crippen LogP contribution in [-0.2, 0) is 17.6 Å². The molecule has 1 aliphatic rings. The van der Waals surface area contributed by atoms with E-state index in [4.69, 9.17) is 9.47 Å². The number of aryl methyl sites for hydroxylation is 2. The van der Waals surface area contributed by atoms with Crippen LogP contribution in [0.25, 0.3) is 0 Å². The number of rotatable bonds is 6. The summed E-state index contributed by atoms with van der Waals surface area (Å²) < 4.78 is 11.7. The van der Waals surface area contributed by atoms with Crippen LogP contribution >= 0.6 is 0 Å². The molecule has 0 aromatic heterocycles. The van der Waals surface area contributed by atoms with Crippen LogP contribution in [0.1, 0.15) is 11.1 Å². The topological polar surface area (TPSA) is 30.5 Å². The van der Waals surface area contributed by atoms with E-state index in [1.807, 2.05) is 6.07 Å². The molecule has 1 fully saturated rings. The molecule has 0 aliphatic carbocycles. The zero-order chi connectivity index (χ0) is 15.0. The second-order valence-corrected chi connectivity index (χ2v) is 5.60. The van der Waals surface area contributed by atoms with Crippen LogP contribution in [0.3, 0.4) is 0 Å². The van der Waals surface area contributed by atoms with Crippen molar-refractivity contribution < 1.29 is 9.47 Å². The summed E-state index contributed by atoms with van der Waals surface area (Å²) in [7, 11) is 0. The van der Waals surface area contributed by atoms with E-state index in [0.717, 1.165) is 38.3 Å². The number of ether oxygens (including phenoxy) is 2. The average molecular weight is 297 g/mol. The highest BCUT2D eigenvalue weighted by Crippen LogP contribution is 2.20. The Morgan fingerprint density at radius 3 is 2.64 bits per heavy atom. The zero-order valence-electron chi connectivity index (χ0n) is 12.8. The molecule has 0 amide bonds. The van der Waals surface area contributed by atoms with E-state index in [0.29, 0.717) is 6.61 Å². The maximum atomic E-state index is 6.00. The minimum atomic E-state index is 0.149. The summed E-state index contributed by atoms with van der Waals surface area (Å²) in [6.07, 6.45) is 2.17. The van der Waals surface area contributed by atoms with Gasteiger partial charge in [0.2, 0.25) is 0 Å². The van der Waals surface area contributed by atoms with Crippen molar-refractivity contribution in [2.24, 2.45) is 0 Å². The molecule has 0 radical (unpaired) electrons. The van der Waals surface area contributed by atoms with E-state index in [2.05, 4.69) is 53.8 Å². The van der Waals surface area contributed by atoms with Gasteiger partial charge in [-0.25, -0.2) is 0 Å². The van der Waals surface area contributed by atoms with Crippen LogP contribution in [0.4, 0.5) is 0 Å². The molecule has 2 aromatic rings. The van der Waals surface area contributed by atoms with Gasteiger partial charge in [0, 0.05) is 13.1 Å². The molecule has 116 valence electrons. The third-order valence-electron chi connectivity index (χ3n) is 3.93. The van der Waals surface area contributed by atoms with E-state index in [-0.39, 0.29) is 6.10 Å². The fourth-order valence-electron chi connectivity index (χ4n) is 2.68. The van der Waals surface area contributed by atoms with Crippen molar-refractivity contribution in [1.82, 2.24) is 5.32 Å². The van der Waals surface area contributed by atoms with Crippen molar-refractivity contribution in [2.75, 3.05) is 26.3 Å². The van der Waals surface area contributed by atoms with E-state index in [1.165, 1.54) is 11.1 Å². The normalized spacial score (nSPS) is 18.1. The van der Waals surface area contributed by atoms with Gasteiger partial charge in [-0.2, -0.15) is 0 Å². The molecule has 1 saturated heterocycles. The second kappa shape index (κ2) is 7.97. The Hall–Kier alpha value is -1.84. The number of para-hydroxylation sites is 1. The third kappa shape index (κ3) is 4.33.